The first-order valence-electron chi connectivity index (χ1n) is 4.79. The van der Waals surface area contributed by atoms with Crippen molar-refractivity contribution in [2.75, 3.05) is 11.9 Å². The van der Waals surface area contributed by atoms with Crippen molar-refractivity contribution >= 4 is 11.6 Å². The molecule has 0 aliphatic carbocycles. The average molecular weight is 165 g/mol. The molecule has 0 saturated heterocycles. The molecule has 0 aliphatic rings. The van der Waals surface area contributed by atoms with E-state index in [1.807, 2.05) is 25.1 Å². The van der Waals surface area contributed by atoms with Gasteiger partial charge in [0.2, 0.25) is 0 Å². The zero-order chi connectivity index (χ0) is 10.4. The van der Waals surface area contributed by atoms with Gasteiger partial charge in [-0.3, -0.25) is 5.40 Å². The largest absolute Gasteiger partial charge is 0.357 e. The summed E-state index contributed by atoms with van der Waals surface area (Å²) < 4.78 is 14.6. The van der Waals surface area contributed by atoms with Crippen LogP contribution in [0.5, 0.6) is 0 Å². The number of anilines is 1. The minimum atomic E-state index is 0.221. The van der Waals surface area contributed by atoms with Gasteiger partial charge < -0.3 is 10.6 Å². The highest BCUT2D eigenvalue weighted by atomic mass is 15.1. The molecule has 0 radical (unpaired) electrons. The molecule has 0 bridgehead atoms. The molecule has 0 spiro atoms. The normalized spacial score (nSPS) is 13.2. The lowest BCUT2D eigenvalue weighted by molar-refractivity contribution is 0.954. The summed E-state index contributed by atoms with van der Waals surface area (Å²) >= 11 is 0. The van der Waals surface area contributed by atoms with Crippen LogP contribution in [-0.2, 0) is 0 Å². The van der Waals surface area contributed by atoms with Crippen LogP contribution in [0.15, 0.2) is 30.3 Å². The summed E-state index contributed by atoms with van der Waals surface area (Å²) in [4.78, 5) is 0. The highest BCUT2D eigenvalue weighted by Gasteiger charge is 1.92. The van der Waals surface area contributed by atoms with Gasteiger partial charge in [0.15, 0.2) is 8.78 Å². The monoisotopic (exact) mass is 165 g/mol. The molecule has 0 atom stereocenters. The van der Waals surface area contributed by atoms with Crippen molar-refractivity contribution < 1.29 is 2.82 Å². The molecule has 0 saturated carbocycles. The second-order valence-corrected chi connectivity index (χ2v) is 2.30. The first kappa shape index (κ1) is 6.06. The molecule has 0 aliphatic heterocycles. The molecule has 0 unspecified atom stereocenters. The van der Waals surface area contributed by atoms with Gasteiger partial charge >= 0.3 is 0 Å². The minimum Gasteiger partial charge on any atom is -0.357 e. The molecule has 3 heteroatoms. The highest BCUT2D eigenvalue weighted by Crippen LogP contribution is 2.03. The third-order valence-electron chi connectivity index (χ3n) is 1.33. The third-order valence-corrected chi connectivity index (χ3v) is 1.33. The van der Waals surface area contributed by atoms with Gasteiger partial charge in [-0.05, 0) is 19.1 Å². The molecule has 1 aromatic carbocycles. The number of rotatable bonds is 2. The van der Waals surface area contributed by atoms with E-state index in [0.29, 0.717) is 12.2 Å². The van der Waals surface area contributed by atoms with Crippen molar-refractivity contribution in [3.8, 4) is 0 Å². The number of nitrogens with one attached hydrogen (secondary N) is 3. The second kappa shape index (κ2) is 4.38. The van der Waals surface area contributed by atoms with E-state index in [1.54, 1.807) is 12.1 Å². The smallest absolute Gasteiger partial charge is 0.192 e. The molecule has 3 N–H and O–H groups in total. The molecule has 1 aromatic rings. The van der Waals surface area contributed by atoms with Crippen molar-refractivity contribution in [1.82, 2.24) is 5.32 Å². The Bertz CT molecular complexity index is 300. The number of benzene rings is 1. The van der Waals surface area contributed by atoms with Crippen LogP contribution in [0.4, 0.5) is 5.69 Å². The predicted molar refractivity (Wildman–Crippen MR) is 51.5 cm³/mol. The molecular weight excluding hydrogens is 150 g/mol. The minimum absolute atomic E-state index is 0.221. The van der Waals surface area contributed by atoms with Crippen molar-refractivity contribution in [1.29, 1.82) is 5.40 Å². The summed E-state index contributed by atoms with van der Waals surface area (Å²) in [6.45, 7) is 2.53. The summed E-state index contributed by atoms with van der Waals surface area (Å²) in [5, 5.41) is 7.17. The lowest BCUT2D eigenvalue weighted by Crippen LogP contribution is -2.28. The second-order valence-electron chi connectivity index (χ2n) is 2.30. The average Bonchev–Trinajstić information content (AvgIpc) is 2.26. The summed E-state index contributed by atoms with van der Waals surface area (Å²) in [7, 11) is 0. The van der Waals surface area contributed by atoms with Gasteiger partial charge in [0.1, 0.15) is 0 Å². The Morgan fingerprint density at radius 3 is 2.92 bits per heavy atom. The van der Waals surface area contributed by atoms with E-state index in [-0.39, 0.29) is 5.96 Å². The van der Waals surface area contributed by atoms with Gasteiger partial charge in [-0.1, -0.05) is 18.2 Å². The van der Waals surface area contributed by atoms with E-state index in [1.165, 1.54) is 0 Å². The number of hydrogen-bond acceptors (Lipinski definition) is 1. The maximum absolute atomic E-state index is 7.69. The van der Waals surface area contributed by atoms with Crippen molar-refractivity contribution in [2.45, 2.75) is 6.92 Å². The van der Waals surface area contributed by atoms with Crippen LogP contribution in [0.2, 0.25) is 2.82 Å². The molecule has 3 nitrogen and oxygen atoms in total. The first-order valence-corrected chi connectivity index (χ1v) is 3.89. The summed E-state index contributed by atoms with van der Waals surface area (Å²) in [5.74, 6) is 0.221. The molecular formula is C9H13N3. The Kier molecular flexibility index (Phi) is 2.21. The quantitative estimate of drug-likeness (QED) is 0.461. The predicted octanol–water partition coefficient (Wildman–Crippen LogP) is 1.64. The standard InChI is InChI=1S/C9H13N3/c1-2-11-9(10)12-8-6-4-3-5-7-8/h3-7H,2H2,1H3,(H3,10,11,12)/i/hD2. The van der Waals surface area contributed by atoms with Gasteiger partial charge in [0.05, 0.1) is 0 Å². The Morgan fingerprint density at radius 2 is 2.33 bits per heavy atom. The fourth-order valence-electron chi connectivity index (χ4n) is 0.822. The Labute approximate surface area is 75.2 Å². The molecule has 12 heavy (non-hydrogen) atoms. The molecule has 0 heterocycles. The number of para-hydroxylation sites is 1. The van der Waals surface area contributed by atoms with Gasteiger partial charge in [-0.2, -0.15) is 0 Å². The van der Waals surface area contributed by atoms with Crippen LogP contribution < -0.4 is 10.6 Å². The van der Waals surface area contributed by atoms with Gasteiger partial charge in [-0.25, -0.2) is 0 Å². The zero-order valence-corrected chi connectivity index (χ0v) is 6.99. The number of hydrogen-bond donors (Lipinski definition) is 3. The summed E-state index contributed by atoms with van der Waals surface area (Å²) in [5.41, 5.74) is 0.680. The summed E-state index contributed by atoms with van der Waals surface area (Å²) in [6.07, 6.45) is 0. The Balaban J connectivity index is 2.78. The van der Waals surface area contributed by atoms with Crippen LogP contribution >= 0.6 is 0 Å². The van der Waals surface area contributed by atoms with Crippen LogP contribution in [0.25, 0.3) is 0 Å². The van der Waals surface area contributed by atoms with Gasteiger partial charge in [-0.15, -0.1) is 0 Å². The van der Waals surface area contributed by atoms with Crippen molar-refractivity contribution in [2.24, 2.45) is 0 Å². The summed E-state index contributed by atoms with van der Waals surface area (Å²) in [6, 6.07) is 9.13. The Hall–Kier alpha value is -1.51. The molecule has 0 amide bonds. The van der Waals surface area contributed by atoms with Crippen LogP contribution in [0.1, 0.15) is 6.92 Å². The van der Waals surface area contributed by atoms with Crippen molar-refractivity contribution in [3.05, 3.63) is 30.3 Å². The van der Waals surface area contributed by atoms with E-state index >= 15 is 0 Å². The Morgan fingerprint density at radius 1 is 1.58 bits per heavy atom. The SMILES string of the molecule is [2H]N=C(NCC)N([2H])c1ccccc1. The van der Waals surface area contributed by atoms with Gasteiger partial charge in [0.25, 0.3) is 0 Å². The molecule has 64 valence electrons. The van der Waals surface area contributed by atoms with E-state index < -0.39 is 0 Å². The van der Waals surface area contributed by atoms with Gasteiger partial charge in [0, 0.05) is 12.2 Å². The fourth-order valence-corrected chi connectivity index (χ4v) is 0.822. The molecule has 0 fully saturated rings. The lowest BCUT2D eigenvalue weighted by atomic mass is 10.3. The lowest BCUT2D eigenvalue weighted by Gasteiger charge is -2.07. The van der Waals surface area contributed by atoms with E-state index in [9.17, 15) is 0 Å². The number of guanidine groups is 1. The van der Waals surface area contributed by atoms with Crippen LogP contribution in [-0.4, -0.2) is 12.5 Å². The maximum atomic E-state index is 7.69. The zero-order valence-electron chi connectivity index (χ0n) is 8.99. The van der Waals surface area contributed by atoms with E-state index in [2.05, 4.69) is 10.7 Å². The molecule has 1 rings (SSSR count). The van der Waals surface area contributed by atoms with E-state index in [4.69, 9.17) is 2.82 Å². The highest BCUT2D eigenvalue weighted by molar-refractivity contribution is 5.90. The maximum Gasteiger partial charge on any atom is 0.192 e. The van der Waals surface area contributed by atoms with E-state index in [0.717, 1.165) is 5.31 Å². The fraction of sp³-hybridized carbons (Fsp3) is 0.222. The first-order chi connectivity index (χ1) is 6.79. The van der Waals surface area contributed by atoms with Crippen molar-refractivity contribution in [3.63, 3.8) is 0 Å². The topological polar surface area (TPSA) is 47.9 Å². The van der Waals surface area contributed by atoms with Crippen LogP contribution in [0, 0.1) is 5.40 Å². The third kappa shape index (κ3) is 2.62. The van der Waals surface area contributed by atoms with Crippen LogP contribution in [0.3, 0.4) is 0 Å². The molecule has 0 aromatic heterocycles.